The quantitative estimate of drug-likeness (QED) is 0.565. The number of benzene rings is 1. The first kappa shape index (κ1) is 22.5. The van der Waals surface area contributed by atoms with E-state index in [1.165, 1.54) is 11.3 Å². The number of nitrogens with zero attached hydrogens (tertiary/aromatic N) is 2. The number of ether oxygens (including phenoxy) is 1. The molecule has 1 aromatic heterocycles. The molecule has 1 aromatic carbocycles. The third-order valence-corrected chi connectivity index (χ3v) is 4.88. The molecule has 29 heavy (non-hydrogen) atoms. The Morgan fingerprint density at radius 3 is 2.55 bits per heavy atom. The van der Waals surface area contributed by atoms with E-state index in [9.17, 15) is 14.4 Å². The van der Waals surface area contributed by atoms with Crippen LogP contribution in [-0.2, 0) is 20.7 Å². The SMILES string of the molecule is CCCN(CCC(=O)OCC)C(=O)c1csc(NC(=O)CCc2ccccc2)n1. The molecule has 0 fully saturated rings. The van der Waals surface area contributed by atoms with Gasteiger partial charge in [-0.2, -0.15) is 0 Å². The average molecular weight is 418 g/mol. The van der Waals surface area contributed by atoms with Gasteiger partial charge in [-0.3, -0.25) is 14.4 Å². The fourth-order valence-corrected chi connectivity index (χ4v) is 3.42. The Morgan fingerprint density at radius 1 is 1.10 bits per heavy atom. The number of esters is 1. The van der Waals surface area contributed by atoms with Crippen molar-refractivity contribution >= 4 is 34.3 Å². The summed E-state index contributed by atoms with van der Waals surface area (Å²) in [7, 11) is 0. The fourth-order valence-electron chi connectivity index (χ4n) is 2.72. The highest BCUT2D eigenvalue weighted by atomic mass is 32.1. The third-order valence-electron chi connectivity index (χ3n) is 4.13. The zero-order chi connectivity index (χ0) is 21.1. The molecular weight excluding hydrogens is 390 g/mol. The first-order valence-corrected chi connectivity index (χ1v) is 10.7. The van der Waals surface area contributed by atoms with Crippen molar-refractivity contribution in [2.45, 2.75) is 39.5 Å². The van der Waals surface area contributed by atoms with Gasteiger partial charge in [0, 0.05) is 24.9 Å². The lowest BCUT2D eigenvalue weighted by Crippen LogP contribution is -2.34. The minimum Gasteiger partial charge on any atom is -0.466 e. The molecule has 0 aliphatic heterocycles. The molecule has 156 valence electrons. The van der Waals surface area contributed by atoms with E-state index >= 15 is 0 Å². The maximum absolute atomic E-state index is 12.7. The number of aryl methyl sites for hydroxylation is 1. The van der Waals surface area contributed by atoms with Crippen LogP contribution < -0.4 is 5.32 Å². The van der Waals surface area contributed by atoms with Gasteiger partial charge in [-0.05, 0) is 25.3 Å². The zero-order valence-electron chi connectivity index (χ0n) is 16.8. The summed E-state index contributed by atoms with van der Waals surface area (Å²) in [5.74, 6) is -0.724. The molecule has 0 saturated heterocycles. The summed E-state index contributed by atoms with van der Waals surface area (Å²) in [6.07, 6.45) is 1.89. The predicted molar refractivity (Wildman–Crippen MR) is 113 cm³/mol. The number of carbonyl (C=O) groups excluding carboxylic acids is 3. The second-order valence-corrected chi connectivity index (χ2v) is 7.28. The highest BCUT2D eigenvalue weighted by Gasteiger charge is 2.20. The number of amides is 2. The Balaban J connectivity index is 1.89. The first-order chi connectivity index (χ1) is 14.0. The van der Waals surface area contributed by atoms with E-state index in [0.717, 1.165) is 12.0 Å². The summed E-state index contributed by atoms with van der Waals surface area (Å²) in [6, 6.07) is 9.77. The lowest BCUT2D eigenvalue weighted by atomic mass is 10.1. The Morgan fingerprint density at radius 2 is 1.86 bits per heavy atom. The summed E-state index contributed by atoms with van der Waals surface area (Å²) in [6.45, 7) is 4.83. The maximum atomic E-state index is 12.7. The van der Waals surface area contributed by atoms with Crippen LogP contribution >= 0.6 is 11.3 Å². The van der Waals surface area contributed by atoms with Crippen LogP contribution in [0.5, 0.6) is 0 Å². The largest absolute Gasteiger partial charge is 0.466 e. The van der Waals surface area contributed by atoms with Gasteiger partial charge in [0.1, 0.15) is 5.69 Å². The smallest absolute Gasteiger partial charge is 0.307 e. The van der Waals surface area contributed by atoms with Crippen LogP contribution in [0, 0.1) is 0 Å². The normalized spacial score (nSPS) is 10.4. The summed E-state index contributed by atoms with van der Waals surface area (Å²) in [5, 5.41) is 4.77. The lowest BCUT2D eigenvalue weighted by molar-refractivity contribution is -0.143. The van der Waals surface area contributed by atoms with E-state index in [1.807, 2.05) is 37.3 Å². The van der Waals surface area contributed by atoms with Crippen molar-refractivity contribution in [1.82, 2.24) is 9.88 Å². The van der Waals surface area contributed by atoms with Crippen LogP contribution in [0.2, 0.25) is 0 Å². The molecular formula is C21H27N3O4S. The van der Waals surface area contributed by atoms with Crippen molar-refractivity contribution in [1.29, 1.82) is 0 Å². The van der Waals surface area contributed by atoms with Gasteiger partial charge in [0.05, 0.1) is 13.0 Å². The summed E-state index contributed by atoms with van der Waals surface area (Å²) in [5.41, 5.74) is 1.36. The Bertz CT molecular complexity index is 807. The Hall–Kier alpha value is -2.74. The molecule has 8 heteroatoms. The second-order valence-electron chi connectivity index (χ2n) is 6.42. The van der Waals surface area contributed by atoms with Gasteiger partial charge in [0.15, 0.2) is 5.13 Å². The Kier molecular flexibility index (Phi) is 9.30. The predicted octanol–water partition coefficient (Wildman–Crippen LogP) is 3.52. The first-order valence-electron chi connectivity index (χ1n) is 9.77. The van der Waals surface area contributed by atoms with Crippen molar-refractivity contribution in [3.8, 4) is 0 Å². The van der Waals surface area contributed by atoms with Crippen molar-refractivity contribution in [2.24, 2.45) is 0 Å². The number of thiazole rings is 1. The minimum absolute atomic E-state index is 0.144. The monoisotopic (exact) mass is 417 g/mol. The number of aromatic nitrogens is 1. The second kappa shape index (κ2) is 12.0. The molecule has 0 aliphatic rings. The van der Waals surface area contributed by atoms with Crippen molar-refractivity contribution in [3.63, 3.8) is 0 Å². The van der Waals surface area contributed by atoms with Gasteiger partial charge in [0.2, 0.25) is 5.91 Å². The van der Waals surface area contributed by atoms with Crippen LogP contribution in [0.25, 0.3) is 0 Å². The van der Waals surface area contributed by atoms with Crippen LogP contribution in [-0.4, -0.2) is 47.4 Å². The molecule has 0 saturated carbocycles. The molecule has 2 amide bonds. The molecule has 7 nitrogen and oxygen atoms in total. The van der Waals surface area contributed by atoms with E-state index in [1.54, 1.807) is 17.2 Å². The summed E-state index contributed by atoms with van der Waals surface area (Å²) >= 11 is 1.21. The third kappa shape index (κ3) is 7.65. The number of carbonyl (C=O) groups is 3. The van der Waals surface area contributed by atoms with E-state index in [2.05, 4.69) is 10.3 Å². The fraction of sp³-hybridized carbons (Fsp3) is 0.429. The van der Waals surface area contributed by atoms with Gasteiger partial charge in [-0.15, -0.1) is 11.3 Å². The van der Waals surface area contributed by atoms with E-state index in [-0.39, 0.29) is 36.4 Å². The number of hydrogen-bond donors (Lipinski definition) is 1. The van der Waals surface area contributed by atoms with Crippen LogP contribution in [0.3, 0.4) is 0 Å². The van der Waals surface area contributed by atoms with Gasteiger partial charge < -0.3 is 15.0 Å². The molecule has 0 atom stereocenters. The molecule has 0 aliphatic carbocycles. The number of anilines is 1. The maximum Gasteiger partial charge on any atom is 0.307 e. The topological polar surface area (TPSA) is 88.6 Å². The number of rotatable bonds is 11. The minimum atomic E-state index is -0.328. The highest BCUT2D eigenvalue weighted by Crippen LogP contribution is 2.18. The van der Waals surface area contributed by atoms with Gasteiger partial charge in [0.25, 0.3) is 5.91 Å². The molecule has 1 heterocycles. The van der Waals surface area contributed by atoms with E-state index in [0.29, 0.717) is 31.1 Å². The molecule has 0 bridgehead atoms. The summed E-state index contributed by atoms with van der Waals surface area (Å²) in [4.78, 5) is 42.3. The van der Waals surface area contributed by atoms with Gasteiger partial charge in [-0.25, -0.2) is 4.98 Å². The molecule has 2 rings (SSSR count). The average Bonchev–Trinajstić information content (AvgIpc) is 3.18. The van der Waals surface area contributed by atoms with Crippen LogP contribution in [0.1, 0.15) is 49.2 Å². The highest BCUT2D eigenvalue weighted by molar-refractivity contribution is 7.14. The Labute approximate surface area is 175 Å². The molecule has 0 radical (unpaired) electrons. The van der Waals surface area contributed by atoms with Crippen LogP contribution in [0.15, 0.2) is 35.7 Å². The lowest BCUT2D eigenvalue weighted by Gasteiger charge is -2.20. The van der Waals surface area contributed by atoms with E-state index in [4.69, 9.17) is 4.74 Å². The molecule has 0 unspecified atom stereocenters. The van der Waals surface area contributed by atoms with Gasteiger partial charge >= 0.3 is 5.97 Å². The van der Waals surface area contributed by atoms with Crippen LogP contribution in [0.4, 0.5) is 5.13 Å². The van der Waals surface area contributed by atoms with Gasteiger partial charge in [-0.1, -0.05) is 37.3 Å². The van der Waals surface area contributed by atoms with Crippen molar-refractivity contribution in [3.05, 3.63) is 47.0 Å². The zero-order valence-corrected chi connectivity index (χ0v) is 17.7. The molecule has 2 aromatic rings. The van der Waals surface area contributed by atoms with E-state index < -0.39 is 0 Å². The number of hydrogen-bond acceptors (Lipinski definition) is 6. The van der Waals surface area contributed by atoms with Crippen molar-refractivity contribution < 1.29 is 19.1 Å². The molecule has 0 spiro atoms. The van der Waals surface area contributed by atoms with Crippen molar-refractivity contribution in [2.75, 3.05) is 25.0 Å². The molecule has 1 N–H and O–H groups in total. The standard InChI is InChI=1S/C21H27N3O4S/c1-3-13-24(14-12-19(26)28-4-2)20(27)17-15-29-21(22-17)23-18(25)11-10-16-8-6-5-7-9-16/h5-9,15H,3-4,10-14H2,1-2H3,(H,22,23,25). The number of nitrogens with one attached hydrogen (secondary N) is 1. The summed E-state index contributed by atoms with van der Waals surface area (Å²) < 4.78 is 4.92.